The van der Waals surface area contributed by atoms with Gasteiger partial charge >= 0.3 is 0 Å². The quantitative estimate of drug-likeness (QED) is 0.642. The SMILES string of the molecule is Cc1c(N)c(N)c(C)c2c(C)cccc12. The Kier molecular flexibility index (Phi) is 2.07. The molecule has 2 rings (SSSR count). The minimum atomic E-state index is 0.714. The van der Waals surface area contributed by atoms with Gasteiger partial charge in [-0.3, -0.25) is 0 Å². The van der Waals surface area contributed by atoms with Crippen LogP contribution >= 0.6 is 0 Å². The number of aryl methyl sites for hydroxylation is 3. The summed E-state index contributed by atoms with van der Waals surface area (Å²) in [5.41, 5.74) is 16.8. The molecule has 78 valence electrons. The first-order valence-electron chi connectivity index (χ1n) is 5.07. The van der Waals surface area contributed by atoms with Gasteiger partial charge in [0.05, 0.1) is 11.4 Å². The van der Waals surface area contributed by atoms with Crippen molar-refractivity contribution in [3.05, 3.63) is 34.9 Å². The maximum Gasteiger partial charge on any atom is 0.0586 e. The Labute approximate surface area is 89.9 Å². The summed E-state index contributed by atoms with van der Waals surface area (Å²) >= 11 is 0. The van der Waals surface area contributed by atoms with E-state index >= 15 is 0 Å². The second-order valence-electron chi connectivity index (χ2n) is 4.07. The molecule has 0 saturated carbocycles. The van der Waals surface area contributed by atoms with Crippen molar-refractivity contribution in [1.29, 1.82) is 0 Å². The lowest BCUT2D eigenvalue weighted by atomic mass is 9.94. The Morgan fingerprint density at radius 3 is 2.13 bits per heavy atom. The Bertz CT molecular complexity index is 542. The van der Waals surface area contributed by atoms with Gasteiger partial charge in [-0.15, -0.1) is 0 Å². The average molecular weight is 200 g/mol. The van der Waals surface area contributed by atoms with Gasteiger partial charge in [0.25, 0.3) is 0 Å². The smallest absolute Gasteiger partial charge is 0.0586 e. The Hall–Kier alpha value is -1.70. The molecule has 4 N–H and O–H groups in total. The van der Waals surface area contributed by atoms with E-state index in [1.165, 1.54) is 16.3 Å². The second kappa shape index (κ2) is 3.16. The molecule has 0 bridgehead atoms. The lowest BCUT2D eigenvalue weighted by Gasteiger charge is -2.14. The van der Waals surface area contributed by atoms with Crippen LogP contribution in [0.25, 0.3) is 10.8 Å². The third-order valence-corrected chi connectivity index (χ3v) is 3.15. The summed E-state index contributed by atoms with van der Waals surface area (Å²) in [6, 6.07) is 6.25. The predicted molar refractivity (Wildman–Crippen MR) is 67.0 cm³/mol. The molecule has 0 unspecified atom stereocenters. The van der Waals surface area contributed by atoms with Crippen molar-refractivity contribution in [2.75, 3.05) is 11.5 Å². The molecule has 2 nitrogen and oxygen atoms in total. The molecule has 0 aliphatic carbocycles. The van der Waals surface area contributed by atoms with E-state index in [-0.39, 0.29) is 0 Å². The van der Waals surface area contributed by atoms with Crippen LogP contribution in [0.1, 0.15) is 16.7 Å². The topological polar surface area (TPSA) is 52.0 Å². The molecule has 0 amide bonds. The molecule has 15 heavy (non-hydrogen) atoms. The minimum Gasteiger partial charge on any atom is -0.397 e. The zero-order chi connectivity index (χ0) is 11.2. The number of nitrogens with two attached hydrogens (primary N) is 2. The van der Waals surface area contributed by atoms with Crippen LogP contribution in [0.2, 0.25) is 0 Å². The summed E-state index contributed by atoms with van der Waals surface area (Å²) in [6.07, 6.45) is 0. The summed E-state index contributed by atoms with van der Waals surface area (Å²) in [4.78, 5) is 0. The molecule has 0 atom stereocenters. The van der Waals surface area contributed by atoms with Crippen LogP contribution in [0, 0.1) is 20.8 Å². The minimum absolute atomic E-state index is 0.714. The highest BCUT2D eigenvalue weighted by atomic mass is 14.7. The number of rotatable bonds is 0. The molecular weight excluding hydrogens is 184 g/mol. The van der Waals surface area contributed by atoms with Crippen LogP contribution in [-0.4, -0.2) is 0 Å². The largest absolute Gasteiger partial charge is 0.397 e. The fourth-order valence-corrected chi connectivity index (χ4v) is 2.16. The van der Waals surface area contributed by atoms with Crippen molar-refractivity contribution >= 4 is 22.1 Å². The zero-order valence-corrected chi connectivity index (χ0v) is 9.39. The molecule has 0 saturated heterocycles. The maximum absolute atomic E-state index is 5.99. The van der Waals surface area contributed by atoms with Crippen molar-refractivity contribution in [3.63, 3.8) is 0 Å². The molecule has 2 heteroatoms. The van der Waals surface area contributed by atoms with Gasteiger partial charge in [0.1, 0.15) is 0 Å². The number of benzene rings is 2. The van der Waals surface area contributed by atoms with Crippen LogP contribution in [0.4, 0.5) is 11.4 Å². The van der Waals surface area contributed by atoms with E-state index in [0.717, 1.165) is 11.1 Å². The monoisotopic (exact) mass is 200 g/mol. The number of nitrogen functional groups attached to an aromatic ring is 2. The van der Waals surface area contributed by atoms with Gasteiger partial charge in [-0.1, -0.05) is 18.2 Å². The number of hydrogen-bond donors (Lipinski definition) is 2. The van der Waals surface area contributed by atoms with E-state index in [9.17, 15) is 0 Å². The molecule has 0 aromatic heterocycles. The van der Waals surface area contributed by atoms with Crippen molar-refractivity contribution in [1.82, 2.24) is 0 Å². The van der Waals surface area contributed by atoms with Crippen LogP contribution in [0.5, 0.6) is 0 Å². The van der Waals surface area contributed by atoms with E-state index in [1.54, 1.807) is 0 Å². The van der Waals surface area contributed by atoms with Crippen molar-refractivity contribution in [3.8, 4) is 0 Å². The van der Waals surface area contributed by atoms with Crippen LogP contribution in [-0.2, 0) is 0 Å². The van der Waals surface area contributed by atoms with Gasteiger partial charge in [-0.2, -0.15) is 0 Å². The predicted octanol–water partition coefficient (Wildman–Crippen LogP) is 2.93. The highest BCUT2D eigenvalue weighted by Crippen LogP contribution is 2.34. The van der Waals surface area contributed by atoms with Crippen LogP contribution < -0.4 is 11.5 Å². The Morgan fingerprint density at radius 1 is 0.867 bits per heavy atom. The maximum atomic E-state index is 5.99. The molecule has 2 aromatic rings. The van der Waals surface area contributed by atoms with Crippen molar-refractivity contribution in [2.24, 2.45) is 0 Å². The third-order valence-electron chi connectivity index (χ3n) is 3.15. The highest BCUT2D eigenvalue weighted by Gasteiger charge is 2.10. The van der Waals surface area contributed by atoms with Crippen molar-refractivity contribution < 1.29 is 0 Å². The van der Waals surface area contributed by atoms with E-state index in [2.05, 4.69) is 25.1 Å². The van der Waals surface area contributed by atoms with Gasteiger partial charge in [0.2, 0.25) is 0 Å². The van der Waals surface area contributed by atoms with Gasteiger partial charge < -0.3 is 11.5 Å². The fourth-order valence-electron chi connectivity index (χ4n) is 2.16. The van der Waals surface area contributed by atoms with Crippen molar-refractivity contribution in [2.45, 2.75) is 20.8 Å². The van der Waals surface area contributed by atoms with E-state index < -0.39 is 0 Å². The lowest BCUT2D eigenvalue weighted by Crippen LogP contribution is -2.02. The van der Waals surface area contributed by atoms with E-state index in [4.69, 9.17) is 11.5 Å². The first kappa shape index (κ1) is 9.84. The molecule has 0 aliphatic rings. The Morgan fingerprint density at radius 2 is 1.47 bits per heavy atom. The van der Waals surface area contributed by atoms with Gasteiger partial charge in [0.15, 0.2) is 0 Å². The summed E-state index contributed by atoms with van der Waals surface area (Å²) in [7, 11) is 0. The van der Waals surface area contributed by atoms with Gasteiger partial charge in [-0.05, 0) is 48.2 Å². The van der Waals surface area contributed by atoms with Gasteiger partial charge in [-0.25, -0.2) is 0 Å². The molecule has 0 radical (unpaired) electrons. The summed E-state index contributed by atoms with van der Waals surface area (Å²) in [6.45, 7) is 6.15. The van der Waals surface area contributed by atoms with E-state index in [0.29, 0.717) is 11.4 Å². The summed E-state index contributed by atoms with van der Waals surface area (Å²) in [5, 5.41) is 2.45. The molecule has 0 aliphatic heterocycles. The first-order chi connectivity index (χ1) is 7.04. The highest BCUT2D eigenvalue weighted by molar-refractivity contribution is 5.99. The second-order valence-corrected chi connectivity index (χ2v) is 4.07. The molecule has 0 fully saturated rings. The van der Waals surface area contributed by atoms with E-state index in [1.807, 2.05) is 13.8 Å². The van der Waals surface area contributed by atoms with Gasteiger partial charge in [0, 0.05) is 0 Å². The molecule has 0 heterocycles. The van der Waals surface area contributed by atoms with Crippen LogP contribution in [0.3, 0.4) is 0 Å². The lowest BCUT2D eigenvalue weighted by molar-refractivity contribution is 1.42. The number of anilines is 2. The average Bonchev–Trinajstić information content (AvgIpc) is 2.23. The number of hydrogen-bond acceptors (Lipinski definition) is 2. The van der Waals surface area contributed by atoms with Crippen LogP contribution in [0.15, 0.2) is 18.2 Å². The first-order valence-corrected chi connectivity index (χ1v) is 5.07. The molecule has 2 aromatic carbocycles. The standard InChI is InChI=1S/C13H16N2/c1-7-5-4-6-10-8(2)12(14)13(15)9(3)11(7)10/h4-6H,14-15H2,1-3H3. The fraction of sp³-hybridized carbons (Fsp3) is 0.231. The third kappa shape index (κ3) is 1.25. The number of fused-ring (bicyclic) bond motifs is 1. The Balaban J connectivity index is 3.08. The molecular formula is C13H16N2. The zero-order valence-electron chi connectivity index (χ0n) is 9.39. The summed E-state index contributed by atoms with van der Waals surface area (Å²) in [5.74, 6) is 0. The molecule has 0 spiro atoms. The normalized spacial score (nSPS) is 10.9. The summed E-state index contributed by atoms with van der Waals surface area (Å²) < 4.78 is 0.